The van der Waals surface area contributed by atoms with Crippen LogP contribution in [0.15, 0.2) is 16.2 Å². The Morgan fingerprint density at radius 3 is 2.82 bits per heavy atom. The first kappa shape index (κ1) is 16.6. The second-order valence-electron chi connectivity index (χ2n) is 6.25. The Kier molecular flexibility index (Phi) is 4.97. The molecule has 0 radical (unpaired) electrons. The van der Waals surface area contributed by atoms with Crippen molar-refractivity contribution in [2.45, 2.75) is 39.8 Å². The van der Waals surface area contributed by atoms with Crippen LogP contribution in [0.1, 0.15) is 33.5 Å². The highest BCUT2D eigenvalue weighted by molar-refractivity contribution is 7.17. The van der Waals surface area contributed by atoms with Crippen LogP contribution in [0.25, 0.3) is 10.2 Å². The number of likely N-dealkylation sites (N-methyl/N-ethyl adjacent to an activating group) is 1. The molecule has 0 aliphatic heterocycles. The van der Waals surface area contributed by atoms with E-state index in [4.69, 9.17) is 0 Å². The number of carbonyl (C=O) groups excluding carboxylic acids is 1. The summed E-state index contributed by atoms with van der Waals surface area (Å²) in [6.07, 6.45) is 0. The first-order valence-corrected chi connectivity index (χ1v) is 8.16. The van der Waals surface area contributed by atoms with Crippen LogP contribution >= 0.6 is 11.3 Å². The number of rotatable bonds is 5. The normalized spacial score (nSPS) is 12.0. The molecule has 0 saturated heterocycles. The fraction of sp³-hybridized carbons (Fsp3) is 0.533. The van der Waals surface area contributed by atoms with E-state index in [0.717, 1.165) is 0 Å². The van der Waals surface area contributed by atoms with Crippen molar-refractivity contribution < 1.29 is 4.79 Å². The molecule has 0 aliphatic carbocycles. The topological polar surface area (TPSA) is 78.1 Å². The molecule has 2 aromatic rings. The summed E-state index contributed by atoms with van der Waals surface area (Å²) in [7, 11) is 0. The zero-order chi connectivity index (χ0) is 16.3. The number of fused-ring (bicyclic) bond motifs is 1. The maximum Gasteiger partial charge on any atom is 0.268 e. The van der Waals surface area contributed by atoms with Crippen molar-refractivity contribution in [1.82, 2.24) is 20.2 Å². The fourth-order valence-electron chi connectivity index (χ4n) is 2.15. The van der Waals surface area contributed by atoms with E-state index in [1.54, 1.807) is 0 Å². The maximum absolute atomic E-state index is 12.0. The van der Waals surface area contributed by atoms with Crippen LogP contribution in [0.5, 0.6) is 0 Å². The lowest BCUT2D eigenvalue weighted by molar-refractivity contribution is -0.123. The van der Waals surface area contributed by atoms with Gasteiger partial charge in [-0.25, -0.2) is 4.98 Å². The monoisotopic (exact) mass is 322 g/mol. The zero-order valence-corrected chi connectivity index (χ0v) is 14.2. The lowest BCUT2D eigenvalue weighted by Crippen LogP contribution is -2.45. The number of aromatic nitrogens is 2. The smallest absolute Gasteiger partial charge is 0.268 e. The molecule has 0 aliphatic rings. The van der Waals surface area contributed by atoms with Crippen molar-refractivity contribution in [1.29, 1.82) is 0 Å². The molecule has 0 bridgehead atoms. The van der Waals surface area contributed by atoms with Crippen molar-refractivity contribution in [2.75, 3.05) is 13.1 Å². The van der Waals surface area contributed by atoms with Gasteiger partial charge in [-0.2, -0.15) is 0 Å². The second kappa shape index (κ2) is 6.58. The summed E-state index contributed by atoms with van der Waals surface area (Å²) in [5.74, 6) is 0.551. The van der Waals surface area contributed by atoms with Gasteiger partial charge < -0.3 is 10.3 Å². The number of H-pyrrole nitrogens is 1. The average Bonchev–Trinajstić information content (AvgIpc) is 2.84. The highest BCUT2D eigenvalue weighted by Gasteiger charge is 2.17. The number of amides is 1. The van der Waals surface area contributed by atoms with Crippen molar-refractivity contribution >= 4 is 27.5 Å². The summed E-state index contributed by atoms with van der Waals surface area (Å²) >= 11 is 1.38. The summed E-state index contributed by atoms with van der Waals surface area (Å²) in [4.78, 5) is 33.2. The quantitative estimate of drug-likeness (QED) is 0.878. The second-order valence-corrected chi connectivity index (χ2v) is 7.17. The zero-order valence-electron chi connectivity index (χ0n) is 13.4. The van der Waals surface area contributed by atoms with Gasteiger partial charge in [0.25, 0.3) is 5.56 Å². The van der Waals surface area contributed by atoms with Gasteiger partial charge in [0.05, 0.1) is 18.6 Å². The Bertz CT molecular complexity index is 714. The van der Waals surface area contributed by atoms with E-state index in [1.165, 1.54) is 11.3 Å². The van der Waals surface area contributed by atoms with Gasteiger partial charge in [-0.05, 0) is 38.8 Å². The highest BCUT2D eigenvalue weighted by Crippen LogP contribution is 2.14. The van der Waals surface area contributed by atoms with Crippen LogP contribution in [0.2, 0.25) is 0 Å². The molecule has 6 nitrogen and oxygen atoms in total. The lowest BCUT2D eigenvalue weighted by atomic mass is 10.1. The van der Waals surface area contributed by atoms with Crippen LogP contribution in [0, 0.1) is 0 Å². The number of nitrogens with one attached hydrogen (secondary N) is 2. The Hall–Kier alpha value is -1.73. The third kappa shape index (κ3) is 4.38. The van der Waals surface area contributed by atoms with Crippen LogP contribution in [-0.2, 0) is 11.3 Å². The fourth-order valence-corrected chi connectivity index (χ4v) is 2.87. The van der Waals surface area contributed by atoms with Crippen molar-refractivity contribution in [3.8, 4) is 0 Å². The molecule has 0 spiro atoms. The molecule has 2 N–H and O–H groups in total. The number of hydrogen-bond donors (Lipinski definition) is 2. The molecule has 2 aromatic heterocycles. The van der Waals surface area contributed by atoms with E-state index in [9.17, 15) is 9.59 Å². The number of thiophene rings is 1. The predicted molar refractivity (Wildman–Crippen MR) is 89.1 cm³/mol. The molecule has 2 rings (SSSR count). The van der Waals surface area contributed by atoms with E-state index in [0.29, 0.717) is 29.1 Å². The molecule has 0 saturated carbocycles. The molecule has 7 heteroatoms. The Morgan fingerprint density at radius 1 is 1.45 bits per heavy atom. The summed E-state index contributed by atoms with van der Waals surface area (Å²) in [5.41, 5.74) is 0.336. The van der Waals surface area contributed by atoms with Crippen LogP contribution in [0.4, 0.5) is 0 Å². The number of aromatic amines is 1. The van der Waals surface area contributed by atoms with Crippen LogP contribution in [-0.4, -0.2) is 39.4 Å². The minimum atomic E-state index is -0.251. The number of hydrogen-bond acceptors (Lipinski definition) is 5. The first-order valence-electron chi connectivity index (χ1n) is 7.28. The Balaban J connectivity index is 2.08. The molecule has 0 aromatic carbocycles. The maximum atomic E-state index is 12.0. The number of carbonyl (C=O) groups is 1. The summed E-state index contributed by atoms with van der Waals surface area (Å²) in [5, 5.41) is 4.79. The van der Waals surface area contributed by atoms with Crippen molar-refractivity contribution in [3.05, 3.63) is 27.6 Å². The van der Waals surface area contributed by atoms with Gasteiger partial charge in [-0.3, -0.25) is 14.5 Å². The predicted octanol–water partition coefficient (Wildman–Crippen LogP) is 1.72. The first-order chi connectivity index (χ1) is 10.3. The van der Waals surface area contributed by atoms with Crippen molar-refractivity contribution in [2.24, 2.45) is 0 Å². The van der Waals surface area contributed by atoms with Gasteiger partial charge in [0.15, 0.2) is 0 Å². The standard InChI is InChI=1S/C15H22N4O2S/c1-5-19(9-12(20)18-15(2,3)4)8-11-16-10-6-7-22-13(10)14(21)17-11/h6-7H,5,8-9H2,1-4H3,(H,18,20)(H,16,17,21). The molecule has 120 valence electrons. The van der Waals surface area contributed by atoms with Gasteiger partial charge in [0, 0.05) is 5.54 Å². The summed E-state index contributed by atoms with van der Waals surface area (Å²) in [6.45, 7) is 9.24. The van der Waals surface area contributed by atoms with Crippen LogP contribution in [0.3, 0.4) is 0 Å². The van der Waals surface area contributed by atoms with E-state index >= 15 is 0 Å². The molecular weight excluding hydrogens is 300 g/mol. The Labute approximate surface area is 133 Å². The molecule has 0 unspecified atom stereocenters. The molecule has 0 atom stereocenters. The van der Waals surface area contributed by atoms with Gasteiger partial charge in [0.1, 0.15) is 10.5 Å². The van der Waals surface area contributed by atoms with Gasteiger partial charge in [-0.15, -0.1) is 11.3 Å². The Morgan fingerprint density at radius 2 is 2.18 bits per heavy atom. The molecule has 22 heavy (non-hydrogen) atoms. The van der Waals surface area contributed by atoms with E-state index in [2.05, 4.69) is 15.3 Å². The molecule has 1 amide bonds. The summed E-state index contributed by atoms with van der Waals surface area (Å²) in [6, 6.07) is 1.83. The van der Waals surface area contributed by atoms with E-state index in [1.807, 2.05) is 44.0 Å². The third-order valence-electron chi connectivity index (χ3n) is 3.07. The SMILES string of the molecule is CCN(CC(=O)NC(C)(C)C)Cc1nc2ccsc2c(=O)[nH]1. The van der Waals surface area contributed by atoms with E-state index < -0.39 is 0 Å². The largest absolute Gasteiger partial charge is 0.350 e. The minimum absolute atomic E-state index is 0.0340. The van der Waals surface area contributed by atoms with Crippen LogP contribution < -0.4 is 10.9 Å². The van der Waals surface area contributed by atoms with E-state index in [-0.39, 0.29) is 23.6 Å². The summed E-state index contributed by atoms with van der Waals surface area (Å²) < 4.78 is 0.636. The average molecular weight is 322 g/mol. The molecule has 2 heterocycles. The molecular formula is C15H22N4O2S. The lowest BCUT2D eigenvalue weighted by Gasteiger charge is -2.24. The van der Waals surface area contributed by atoms with Crippen molar-refractivity contribution in [3.63, 3.8) is 0 Å². The van der Waals surface area contributed by atoms with Gasteiger partial charge >= 0.3 is 0 Å². The highest BCUT2D eigenvalue weighted by atomic mass is 32.1. The third-order valence-corrected chi connectivity index (χ3v) is 3.97. The van der Waals surface area contributed by atoms with Gasteiger partial charge in [-0.1, -0.05) is 6.92 Å². The number of nitrogens with zero attached hydrogens (tertiary/aromatic N) is 2. The minimum Gasteiger partial charge on any atom is -0.350 e. The van der Waals surface area contributed by atoms with Gasteiger partial charge in [0.2, 0.25) is 5.91 Å². The molecule has 0 fully saturated rings.